The minimum atomic E-state index is 0.560. The Morgan fingerprint density at radius 3 is 2.80 bits per heavy atom. The molecule has 0 spiro atoms. The summed E-state index contributed by atoms with van der Waals surface area (Å²) < 4.78 is 0. The topological polar surface area (TPSA) is 26.0 Å². The summed E-state index contributed by atoms with van der Waals surface area (Å²) in [5.41, 5.74) is 6.59. The van der Waals surface area contributed by atoms with Gasteiger partial charge in [-0.2, -0.15) is 11.8 Å². The number of halogens is 2. The summed E-state index contributed by atoms with van der Waals surface area (Å²) >= 11 is 13.9. The van der Waals surface area contributed by atoms with Gasteiger partial charge in [0.1, 0.15) is 0 Å². The zero-order chi connectivity index (χ0) is 11.3. The van der Waals surface area contributed by atoms with E-state index in [0.29, 0.717) is 15.3 Å². The van der Waals surface area contributed by atoms with Crippen LogP contribution >= 0.6 is 35.0 Å². The van der Waals surface area contributed by atoms with Gasteiger partial charge in [0.15, 0.2) is 0 Å². The first-order chi connectivity index (χ1) is 7.15. The molecule has 0 aliphatic heterocycles. The van der Waals surface area contributed by atoms with Crippen molar-refractivity contribution >= 4 is 35.0 Å². The van der Waals surface area contributed by atoms with Crippen LogP contribution in [0, 0.1) is 0 Å². The maximum absolute atomic E-state index is 6.08. The second kappa shape index (κ2) is 6.64. The van der Waals surface area contributed by atoms with Gasteiger partial charge in [0.25, 0.3) is 0 Å². The molecule has 0 bridgehead atoms. The van der Waals surface area contributed by atoms with Crippen molar-refractivity contribution < 1.29 is 0 Å². The van der Waals surface area contributed by atoms with Crippen molar-refractivity contribution in [3.63, 3.8) is 0 Å². The molecule has 2 N–H and O–H groups in total. The summed E-state index contributed by atoms with van der Waals surface area (Å²) in [6.07, 6.45) is 1.03. The number of hydrogen-bond acceptors (Lipinski definition) is 2. The lowest BCUT2D eigenvalue weighted by atomic mass is 10.2. The maximum atomic E-state index is 6.08. The Hall–Kier alpha value is 0.110. The van der Waals surface area contributed by atoms with Crippen LogP contribution in [0.2, 0.25) is 10.0 Å². The van der Waals surface area contributed by atoms with Crippen LogP contribution in [0.5, 0.6) is 0 Å². The van der Waals surface area contributed by atoms with Crippen LogP contribution in [0.4, 0.5) is 0 Å². The fourth-order valence-electron chi connectivity index (χ4n) is 1.21. The van der Waals surface area contributed by atoms with Crippen molar-refractivity contribution in [2.75, 3.05) is 6.54 Å². The normalized spacial score (nSPS) is 12.8. The Morgan fingerprint density at radius 1 is 1.40 bits per heavy atom. The zero-order valence-electron chi connectivity index (χ0n) is 8.67. The molecule has 1 rings (SSSR count). The molecule has 1 aromatic rings. The molecule has 0 radical (unpaired) electrons. The van der Waals surface area contributed by atoms with E-state index < -0.39 is 0 Å². The second-order valence-electron chi connectivity index (χ2n) is 3.41. The molecule has 15 heavy (non-hydrogen) atoms. The van der Waals surface area contributed by atoms with Gasteiger partial charge >= 0.3 is 0 Å². The lowest BCUT2D eigenvalue weighted by Crippen LogP contribution is -2.07. The lowest BCUT2D eigenvalue weighted by Gasteiger charge is -2.10. The molecule has 0 saturated carbocycles. The average Bonchev–Trinajstić information content (AvgIpc) is 2.21. The van der Waals surface area contributed by atoms with Crippen molar-refractivity contribution in [2.45, 2.75) is 24.3 Å². The summed E-state index contributed by atoms with van der Waals surface area (Å²) in [5.74, 6) is 0.889. The van der Waals surface area contributed by atoms with Gasteiger partial charge in [0, 0.05) is 11.0 Å². The number of nitrogens with two attached hydrogens (primary N) is 1. The number of thioether (sulfide) groups is 1. The van der Waals surface area contributed by atoms with Crippen molar-refractivity contribution in [3.8, 4) is 0 Å². The molecule has 1 unspecified atom stereocenters. The maximum Gasteiger partial charge on any atom is 0.0632 e. The fraction of sp³-hybridized carbons (Fsp3) is 0.455. The van der Waals surface area contributed by atoms with E-state index in [1.165, 1.54) is 0 Å². The van der Waals surface area contributed by atoms with E-state index in [-0.39, 0.29) is 0 Å². The van der Waals surface area contributed by atoms with E-state index in [1.807, 2.05) is 23.9 Å². The minimum Gasteiger partial charge on any atom is -0.330 e. The Bertz CT molecular complexity index is 317. The van der Waals surface area contributed by atoms with Gasteiger partial charge in [-0.15, -0.1) is 0 Å². The fourth-order valence-corrected chi connectivity index (χ4v) is 2.68. The first-order valence-electron chi connectivity index (χ1n) is 4.89. The molecule has 84 valence electrons. The molecule has 0 aliphatic carbocycles. The number of hydrogen-bond donors (Lipinski definition) is 1. The van der Waals surface area contributed by atoms with E-state index in [1.54, 1.807) is 6.07 Å². The van der Waals surface area contributed by atoms with Crippen molar-refractivity contribution in [1.29, 1.82) is 0 Å². The molecule has 1 nitrogen and oxygen atoms in total. The van der Waals surface area contributed by atoms with Crippen LogP contribution < -0.4 is 5.73 Å². The van der Waals surface area contributed by atoms with E-state index in [0.717, 1.165) is 24.3 Å². The van der Waals surface area contributed by atoms with Crippen molar-refractivity contribution in [1.82, 2.24) is 0 Å². The quantitative estimate of drug-likeness (QED) is 0.871. The van der Waals surface area contributed by atoms with Crippen molar-refractivity contribution in [2.24, 2.45) is 5.73 Å². The molecule has 1 aromatic carbocycles. The Morgan fingerprint density at radius 2 is 2.13 bits per heavy atom. The van der Waals surface area contributed by atoms with Crippen LogP contribution in [0.15, 0.2) is 18.2 Å². The molecule has 0 aliphatic rings. The van der Waals surface area contributed by atoms with E-state index in [4.69, 9.17) is 28.9 Å². The molecule has 1 atom stereocenters. The Kier molecular flexibility index (Phi) is 5.83. The van der Waals surface area contributed by atoms with Crippen LogP contribution in [-0.2, 0) is 5.75 Å². The highest BCUT2D eigenvalue weighted by molar-refractivity contribution is 7.99. The number of rotatable bonds is 5. The van der Waals surface area contributed by atoms with E-state index in [2.05, 4.69) is 6.92 Å². The Balaban J connectivity index is 2.54. The lowest BCUT2D eigenvalue weighted by molar-refractivity contribution is 0.823. The summed E-state index contributed by atoms with van der Waals surface area (Å²) in [4.78, 5) is 0. The second-order valence-corrected chi connectivity index (χ2v) is 5.62. The number of benzene rings is 1. The van der Waals surface area contributed by atoms with Gasteiger partial charge in [-0.3, -0.25) is 0 Å². The highest BCUT2D eigenvalue weighted by Crippen LogP contribution is 2.29. The predicted molar refractivity (Wildman–Crippen MR) is 70.9 cm³/mol. The molecular formula is C11H15Cl2NS. The van der Waals surface area contributed by atoms with E-state index >= 15 is 0 Å². The third-order valence-corrected chi connectivity index (χ3v) is 4.27. The van der Waals surface area contributed by atoms with Gasteiger partial charge in [-0.1, -0.05) is 42.3 Å². The largest absolute Gasteiger partial charge is 0.330 e. The molecule has 0 aromatic heterocycles. The minimum absolute atomic E-state index is 0.560. The third-order valence-electron chi connectivity index (χ3n) is 2.13. The van der Waals surface area contributed by atoms with Crippen LogP contribution in [0.25, 0.3) is 0 Å². The highest BCUT2D eigenvalue weighted by Gasteiger charge is 2.06. The highest BCUT2D eigenvalue weighted by atomic mass is 35.5. The van der Waals surface area contributed by atoms with Gasteiger partial charge in [0.05, 0.1) is 10.0 Å². The van der Waals surface area contributed by atoms with Gasteiger partial charge in [-0.25, -0.2) is 0 Å². The third kappa shape index (κ3) is 4.23. The standard InChI is InChI=1S/C11H15Cl2NS/c1-8(5-6-14)15-7-9-3-2-4-10(12)11(9)13/h2-4,8H,5-7,14H2,1H3. The molecule has 0 amide bonds. The monoisotopic (exact) mass is 263 g/mol. The first-order valence-corrected chi connectivity index (χ1v) is 6.70. The van der Waals surface area contributed by atoms with Gasteiger partial charge < -0.3 is 5.73 Å². The average molecular weight is 264 g/mol. The van der Waals surface area contributed by atoms with Crippen LogP contribution in [-0.4, -0.2) is 11.8 Å². The van der Waals surface area contributed by atoms with Gasteiger partial charge in [0.2, 0.25) is 0 Å². The molecular weight excluding hydrogens is 249 g/mol. The van der Waals surface area contributed by atoms with Crippen LogP contribution in [0.1, 0.15) is 18.9 Å². The smallest absolute Gasteiger partial charge is 0.0632 e. The first kappa shape index (κ1) is 13.2. The summed E-state index contributed by atoms with van der Waals surface area (Å²) in [5, 5.41) is 1.86. The summed E-state index contributed by atoms with van der Waals surface area (Å²) in [6, 6.07) is 5.75. The van der Waals surface area contributed by atoms with E-state index in [9.17, 15) is 0 Å². The molecule has 0 heterocycles. The predicted octanol–water partition coefficient (Wildman–Crippen LogP) is 3.96. The van der Waals surface area contributed by atoms with Crippen LogP contribution in [0.3, 0.4) is 0 Å². The molecule has 0 saturated heterocycles. The Labute approximate surface area is 105 Å². The van der Waals surface area contributed by atoms with Crippen molar-refractivity contribution in [3.05, 3.63) is 33.8 Å². The summed E-state index contributed by atoms with van der Waals surface area (Å²) in [7, 11) is 0. The molecule has 4 heteroatoms. The van der Waals surface area contributed by atoms with Gasteiger partial charge in [-0.05, 0) is 24.6 Å². The molecule has 0 fully saturated rings. The SMILES string of the molecule is CC(CCN)SCc1cccc(Cl)c1Cl. The summed E-state index contributed by atoms with van der Waals surface area (Å²) in [6.45, 7) is 2.91. The zero-order valence-corrected chi connectivity index (χ0v) is 11.0.